The largest absolute Gasteiger partial charge is 0.481 e. The van der Waals surface area contributed by atoms with E-state index >= 15 is 0 Å². The maximum Gasteiger partial charge on any atom is 0.279 e. The summed E-state index contributed by atoms with van der Waals surface area (Å²) in [5.41, 5.74) is 6.25. The minimum Gasteiger partial charge on any atom is -0.481 e. The number of carbonyl (C=O) groups excluding carboxylic acids is 2. The van der Waals surface area contributed by atoms with Gasteiger partial charge in [0.25, 0.3) is 11.8 Å². The maximum atomic E-state index is 12.9. The quantitative estimate of drug-likeness (QED) is 0.603. The van der Waals surface area contributed by atoms with Gasteiger partial charge in [-0.25, -0.2) is 4.39 Å². The highest BCUT2D eigenvalue weighted by Crippen LogP contribution is 2.20. The number of nitrogens with one attached hydrogen (secondary N) is 3. The molecule has 3 N–H and O–H groups in total. The Morgan fingerprint density at radius 2 is 1.78 bits per heavy atom. The fraction of sp³-hybridized carbons (Fsp3) is 0.105. The molecule has 2 amide bonds. The molecule has 0 saturated carbocycles. The van der Waals surface area contributed by atoms with Gasteiger partial charge in [0.2, 0.25) is 0 Å². The lowest BCUT2D eigenvalue weighted by atomic mass is 10.1. The number of amides is 2. The SMILES string of the molecule is CC(Oc1ccc(F)cc1)C(=O)NNC(=O)c1cn[nH]c1-c1ccccc1. The smallest absolute Gasteiger partial charge is 0.279 e. The Morgan fingerprint density at radius 3 is 2.48 bits per heavy atom. The molecule has 1 aromatic heterocycles. The first kappa shape index (κ1) is 18.1. The zero-order valence-electron chi connectivity index (χ0n) is 14.4. The number of carbonyl (C=O) groups is 2. The first-order chi connectivity index (χ1) is 13.0. The molecule has 3 aromatic rings. The Labute approximate surface area is 154 Å². The molecule has 0 aliphatic carbocycles. The van der Waals surface area contributed by atoms with Crippen LogP contribution in [0.3, 0.4) is 0 Å². The Balaban J connectivity index is 1.58. The maximum absolute atomic E-state index is 12.9. The lowest BCUT2D eigenvalue weighted by Crippen LogP contribution is -2.47. The third-order valence-corrected chi connectivity index (χ3v) is 3.74. The molecule has 0 spiro atoms. The van der Waals surface area contributed by atoms with Crippen molar-refractivity contribution in [1.29, 1.82) is 0 Å². The monoisotopic (exact) mass is 368 g/mol. The number of hydrazine groups is 1. The molecule has 27 heavy (non-hydrogen) atoms. The van der Waals surface area contributed by atoms with Crippen LogP contribution < -0.4 is 15.6 Å². The second-order valence-corrected chi connectivity index (χ2v) is 5.68. The molecule has 0 radical (unpaired) electrons. The molecule has 8 heteroatoms. The molecule has 0 aliphatic rings. The number of hydrogen-bond donors (Lipinski definition) is 3. The first-order valence-corrected chi connectivity index (χ1v) is 8.16. The van der Waals surface area contributed by atoms with Crippen molar-refractivity contribution < 1.29 is 18.7 Å². The highest BCUT2D eigenvalue weighted by Gasteiger charge is 2.18. The van der Waals surface area contributed by atoms with Gasteiger partial charge in [-0.3, -0.25) is 25.5 Å². The van der Waals surface area contributed by atoms with Crippen molar-refractivity contribution in [1.82, 2.24) is 21.0 Å². The molecule has 138 valence electrons. The second kappa shape index (κ2) is 8.13. The molecule has 0 aliphatic heterocycles. The van der Waals surface area contributed by atoms with Crippen LogP contribution in [0.1, 0.15) is 17.3 Å². The summed E-state index contributed by atoms with van der Waals surface area (Å²) in [5, 5.41) is 6.66. The van der Waals surface area contributed by atoms with Crippen molar-refractivity contribution in [2.45, 2.75) is 13.0 Å². The standard InChI is InChI=1S/C19H17FN4O3/c1-12(27-15-9-7-14(20)8-10-15)18(25)23-24-19(26)16-11-21-22-17(16)13-5-3-2-4-6-13/h2-12H,1H3,(H,21,22)(H,23,25)(H,24,26). The molecule has 0 fully saturated rings. The number of nitrogens with zero attached hydrogens (tertiary/aromatic N) is 1. The molecule has 1 atom stereocenters. The van der Waals surface area contributed by atoms with Crippen LogP contribution in [0.5, 0.6) is 5.75 Å². The van der Waals surface area contributed by atoms with Crippen molar-refractivity contribution in [3.05, 3.63) is 72.2 Å². The fourth-order valence-electron chi connectivity index (χ4n) is 2.34. The van der Waals surface area contributed by atoms with Crippen molar-refractivity contribution >= 4 is 11.8 Å². The number of ether oxygens (including phenoxy) is 1. The molecule has 0 saturated heterocycles. The van der Waals surface area contributed by atoms with Gasteiger partial charge < -0.3 is 4.74 Å². The van der Waals surface area contributed by atoms with Gasteiger partial charge in [-0.1, -0.05) is 30.3 Å². The van der Waals surface area contributed by atoms with E-state index in [1.54, 1.807) is 0 Å². The van der Waals surface area contributed by atoms with E-state index in [4.69, 9.17) is 4.74 Å². The molecule has 3 rings (SSSR count). The van der Waals surface area contributed by atoms with Gasteiger partial charge in [-0.2, -0.15) is 5.10 Å². The van der Waals surface area contributed by atoms with E-state index in [0.717, 1.165) is 5.56 Å². The average molecular weight is 368 g/mol. The van der Waals surface area contributed by atoms with Gasteiger partial charge >= 0.3 is 0 Å². The minimum atomic E-state index is -0.895. The number of hydrogen-bond acceptors (Lipinski definition) is 4. The topological polar surface area (TPSA) is 96.1 Å². The molecule has 2 aromatic carbocycles. The van der Waals surface area contributed by atoms with E-state index in [0.29, 0.717) is 11.4 Å². The van der Waals surface area contributed by atoms with Gasteiger partial charge in [0.1, 0.15) is 11.6 Å². The van der Waals surface area contributed by atoms with Gasteiger partial charge in [-0.05, 0) is 31.2 Å². The van der Waals surface area contributed by atoms with Crippen LogP contribution in [0.4, 0.5) is 4.39 Å². The van der Waals surface area contributed by atoms with Crippen LogP contribution in [-0.4, -0.2) is 28.1 Å². The predicted molar refractivity (Wildman–Crippen MR) is 96.1 cm³/mol. The molecule has 1 heterocycles. The second-order valence-electron chi connectivity index (χ2n) is 5.68. The van der Waals surface area contributed by atoms with Gasteiger partial charge in [0.05, 0.1) is 17.5 Å². The van der Waals surface area contributed by atoms with Crippen LogP contribution >= 0.6 is 0 Å². The summed E-state index contributed by atoms with van der Waals surface area (Å²) in [7, 11) is 0. The molecule has 7 nitrogen and oxygen atoms in total. The zero-order valence-corrected chi connectivity index (χ0v) is 14.4. The zero-order chi connectivity index (χ0) is 19.2. The van der Waals surface area contributed by atoms with Gasteiger partial charge in [-0.15, -0.1) is 0 Å². The fourth-order valence-corrected chi connectivity index (χ4v) is 2.34. The number of H-pyrrole nitrogens is 1. The summed E-state index contributed by atoms with van der Waals surface area (Å²) in [4.78, 5) is 24.4. The first-order valence-electron chi connectivity index (χ1n) is 8.16. The Hall–Kier alpha value is -3.68. The van der Waals surface area contributed by atoms with Crippen LogP contribution in [0.15, 0.2) is 60.8 Å². The van der Waals surface area contributed by atoms with Crippen LogP contribution in [0.25, 0.3) is 11.3 Å². The highest BCUT2D eigenvalue weighted by molar-refractivity contribution is 6.00. The van der Waals surface area contributed by atoms with E-state index in [-0.39, 0.29) is 5.56 Å². The van der Waals surface area contributed by atoms with E-state index in [1.165, 1.54) is 37.4 Å². The van der Waals surface area contributed by atoms with Crippen molar-refractivity contribution in [2.24, 2.45) is 0 Å². The number of benzene rings is 2. The van der Waals surface area contributed by atoms with E-state index in [2.05, 4.69) is 21.0 Å². The lowest BCUT2D eigenvalue weighted by Gasteiger charge is -2.15. The normalized spacial score (nSPS) is 11.5. The third kappa shape index (κ3) is 4.49. The minimum absolute atomic E-state index is 0.286. The summed E-state index contributed by atoms with van der Waals surface area (Å²) in [6.45, 7) is 1.51. The Bertz CT molecular complexity index is 926. The number of aromatic amines is 1. The Morgan fingerprint density at radius 1 is 1.07 bits per heavy atom. The average Bonchev–Trinajstić information content (AvgIpc) is 3.18. The third-order valence-electron chi connectivity index (χ3n) is 3.74. The van der Waals surface area contributed by atoms with Crippen molar-refractivity contribution in [3.8, 4) is 17.0 Å². The van der Waals surface area contributed by atoms with E-state index < -0.39 is 23.7 Å². The van der Waals surface area contributed by atoms with Gasteiger partial charge in [0, 0.05) is 5.56 Å². The summed E-state index contributed by atoms with van der Waals surface area (Å²) in [5.74, 6) is -1.14. The summed E-state index contributed by atoms with van der Waals surface area (Å²) >= 11 is 0. The van der Waals surface area contributed by atoms with E-state index in [9.17, 15) is 14.0 Å². The number of halogens is 1. The molecular weight excluding hydrogens is 351 g/mol. The molecular formula is C19H17FN4O3. The summed E-state index contributed by atoms with van der Waals surface area (Å²) < 4.78 is 18.3. The van der Waals surface area contributed by atoms with Crippen LogP contribution in [0, 0.1) is 5.82 Å². The molecule has 1 unspecified atom stereocenters. The number of rotatable bonds is 5. The predicted octanol–water partition coefficient (Wildman–Crippen LogP) is 2.44. The lowest BCUT2D eigenvalue weighted by molar-refractivity contribution is -0.128. The highest BCUT2D eigenvalue weighted by atomic mass is 19.1. The van der Waals surface area contributed by atoms with Crippen LogP contribution in [-0.2, 0) is 4.79 Å². The number of aromatic nitrogens is 2. The van der Waals surface area contributed by atoms with Crippen molar-refractivity contribution in [3.63, 3.8) is 0 Å². The summed E-state index contributed by atoms with van der Waals surface area (Å²) in [6.07, 6.45) is 0.483. The Kier molecular flexibility index (Phi) is 5.46. The molecule has 0 bridgehead atoms. The van der Waals surface area contributed by atoms with Crippen molar-refractivity contribution in [2.75, 3.05) is 0 Å². The van der Waals surface area contributed by atoms with Gasteiger partial charge in [0.15, 0.2) is 6.10 Å². The summed E-state index contributed by atoms with van der Waals surface area (Å²) in [6, 6.07) is 14.5. The van der Waals surface area contributed by atoms with E-state index in [1.807, 2.05) is 30.3 Å². The van der Waals surface area contributed by atoms with Crippen LogP contribution in [0.2, 0.25) is 0 Å².